The zero-order valence-electron chi connectivity index (χ0n) is 20.5. The van der Waals surface area contributed by atoms with E-state index >= 15 is 0 Å². The smallest absolute Gasteiger partial charge is 0.181 e. The van der Waals surface area contributed by atoms with Crippen LogP contribution < -0.4 is 11.1 Å². The first-order chi connectivity index (χ1) is 18.3. The van der Waals surface area contributed by atoms with Crippen LogP contribution in [0.1, 0.15) is 43.6 Å². The molecule has 0 spiro atoms. The molecule has 1 atom stereocenters. The van der Waals surface area contributed by atoms with Crippen molar-refractivity contribution in [3.63, 3.8) is 0 Å². The number of H-pyrrole nitrogens is 1. The fourth-order valence-electron chi connectivity index (χ4n) is 4.31. The lowest BCUT2D eigenvalue weighted by Gasteiger charge is -2.14. The number of nitrogens with two attached hydrogens (primary N) is 1. The summed E-state index contributed by atoms with van der Waals surface area (Å²) in [6, 6.07) is 22.3. The van der Waals surface area contributed by atoms with E-state index in [2.05, 4.69) is 15.3 Å². The molecule has 1 heterocycles. The van der Waals surface area contributed by atoms with Crippen LogP contribution in [0.15, 0.2) is 84.9 Å². The van der Waals surface area contributed by atoms with E-state index in [0.717, 1.165) is 28.9 Å². The Morgan fingerprint density at radius 3 is 2.32 bits per heavy atom. The summed E-state index contributed by atoms with van der Waals surface area (Å²) in [5.41, 5.74) is 10.3. The third-order valence-corrected chi connectivity index (χ3v) is 6.22. The molecule has 6 nitrogen and oxygen atoms in total. The van der Waals surface area contributed by atoms with E-state index in [1.807, 2.05) is 49.4 Å². The molecule has 0 fully saturated rings. The molecule has 0 saturated heterocycles. The Morgan fingerprint density at radius 1 is 0.895 bits per heavy atom. The number of nitrogen functional groups attached to an aromatic ring is 1. The van der Waals surface area contributed by atoms with Crippen LogP contribution in [0, 0.1) is 18.6 Å². The average molecular weight is 511 g/mol. The third kappa shape index (κ3) is 5.29. The van der Waals surface area contributed by atoms with E-state index in [-0.39, 0.29) is 11.4 Å². The lowest BCUT2D eigenvalue weighted by atomic mass is 9.89. The number of nitrogens with zero attached hydrogens (tertiary/aromatic N) is 1. The highest BCUT2D eigenvalue weighted by Crippen LogP contribution is 2.28. The molecule has 0 saturated carbocycles. The van der Waals surface area contributed by atoms with E-state index in [4.69, 9.17) is 5.73 Å². The summed E-state index contributed by atoms with van der Waals surface area (Å²) in [6.07, 6.45) is 0. The molecule has 0 bridgehead atoms. The second-order valence-corrected chi connectivity index (χ2v) is 9.14. The molecule has 0 amide bonds. The van der Waals surface area contributed by atoms with E-state index in [9.17, 15) is 18.4 Å². The molecule has 0 aliphatic heterocycles. The minimum absolute atomic E-state index is 0.0943. The van der Waals surface area contributed by atoms with Crippen LogP contribution in [0.5, 0.6) is 0 Å². The van der Waals surface area contributed by atoms with Crippen LogP contribution >= 0.6 is 0 Å². The molecule has 0 aliphatic carbocycles. The molecular weight excluding hydrogens is 486 g/mol. The number of rotatable bonds is 8. The fourth-order valence-corrected chi connectivity index (χ4v) is 4.31. The summed E-state index contributed by atoms with van der Waals surface area (Å²) >= 11 is 0. The van der Waals surface area contributed by atoms with Gasteiger partial charge in [0.2, 0.25) is 0 Å². The highest BCUT2D eigenvalue weighted by molar-refractivity contribution is 6.19. The number of aryl methyl sites for hydroxylation is 1. The van der Waals surface area contributed by atoms with Crippen molar-refractivity contribution in [3.8, 4) is 0 Å². The Labute approximate surface area is 217 Å². The van der Waals surface area contributed by atoms with Gasteiger partial charge >= 0.3 is 0 Å². The normalized spacial score (nSPS) is 11.9. The second-order valence-electron chi connectivity index (χ2n) is 9.14. The molecule has 38 heavy (non-hydrogen) atoms. The van der Waals surface area contributed by atoms with Gasteiger partial charge in [-0.1, -0.05) is 35.9 Å². The van der Waals surface area contributed by atoms with Gasteiger partial charge in [-0.05, 0) is 61.0 Å². The molecule has 1 aromatic heterocycles. The van der Waals surface area contributed by atoms with Crippen molar-refractivity contribution in [1.82, 2.24) is 9.97 Å². The van der Waals surface area contributed by atoms with Crippen molar-refractivity contribution in [2.45, 2.75) is 19.4 Å². The zero-order chi connectivity index (χ0) is 26.8. The topological polar surface area (TPSA) is 101 Å². The van der Waals surface area contributed by atoms with Crippen LogP contribution in [0.2, 0.25) is 0 Å². The SMILES string of the molecule is Cc1cccc(C(=O)C(C(=O)c2cc(F)cc(F)c2)c2nc3ccc(NCc4ccc(N)cc4)cc3[nH]2)c1. The number of halogens is 2. The summed E-state index contributed by atoms with van der Waals surface area (Å²) in [5.74, 6) is -4.42. The van der Waals surface area contributed by atoms with E-state index in [1.165, 1.54) is 0 Å². The van der Waals surface area contributed by atoms with Crippen molar-refractivity contribution in [3.05, 3.63) is 125 Å². The second kappa shape index (κ2) is 10.3. The maximum Gasteiger partial charge on any atom is 0.181 e. The Hall–Kier alpha value is -4.85. The first kappa shape index (κ1) is 24.8. The maximum absolute atomic E-state index is 13.9. The molecular formula is C30H24F2N4O2. The zero-order valence-corrected chi connectivity index (χ0v) is 20.5. The standard InChI is InChI=1S/C30H24F2N4O2/c1-17-3-2-4-19(11-17)28(37)27(29(38)20-12-21(31)14-22(32)13-20)30-35-25-10-9-24(15-26(25)36-30)34-16-18-5-7-23(33)8-6-18/h2-15,27,34H,16,33H2,1H3,(H,35,36). The van der Waals surface area contributed by atoms with Gasteiger partial charge in [0.25, 0.3) is 0 Å². The minimum Gasteiger partial charge on any atom is -0.399 e. The molecule has 0 aliphatic rings. The van der Waals surface area contributed by atoms with Gasteiger partial charge in [0.15, 0.2) is 11.6 Å². The summed E-state index contributed by atoms with van der Waals surface area (Å²) in [7, 11) is 0. The van der Waals surface area contributed by atoms with Gasteiger partial charge in [-0.15, -0.1) is 0 Å². The number of aromatic nitrogens is 2. The van der Waals surface area contributed by atoms with Crippen molar-refractivity contribution >= 4 is 34.0 Å². The summed E-state index contributed by atoms with van der Waals surface area (Å²) in [4.78, 5) is 34.8. The lowest BCUT2D eigenvalue weighted by molar-refractivity contribution is 0.0855. The number of aromatic amines is 1. The van der Waals surface area contributed by atoms with Crippen molar-refractivity contribution in [1.29, 1.82) is 0 Å². The van der Waals surface area contributed by atoms with Gasteiger partial charge in [0, 0.05) is 35.1 Å². The largest absolute Gasteiger partial charge is 0.399 e. The molecule has 190 valence electrons. The van der Waals surface area contributed by atoms with Crippen molar-refractivity contribution in [2.75, 3.05) is 11.1 Å². The third-order valence-electron chi connectivity index (χ3n) is 6.22. The van der Waals surface area contributed by atoms with E-state index in [0.29, 0.717) is 34.9 Å². The van der Waals surface area contributed by atoms with Gasteiger partial charge in [-0.25, -0.2) is 13.8 Å². The van der Waals surface area contributed by atoms with E-state index < -0.39 is 29.1 Å². The monoisotopic (exact) mass is 510 g/mol. The molecule has 4 aromatic carbocycles. The minimum atomic E-state index is -1.42. The van der Waals surface area contributed by atoms with Gasteiger partial charge in [-0.2, -0.15) is 0 Å². The molecule has 4 N–H and O–H groups in total. The molecule has 0 radical (unpaired) electrons. The number of imidazole rings is 1. The number of hydrogen-bond donors (Lipinski definition) is 3. The predicted molar refractivity (Wildman–Crippen MR) is 143 cm³/mol. The van der Waals surface area contributed by atoms with Crippen LogP contribution in [0.3, 0.4) is 0 Å². The van der Waals surface area contributed by atoms with Gasteiger partial charge in [0.1, 0.15) is 23.4 Å². The van der Waals surface area contributed by atoms with Crippen LogP contribution in [-0.2, 0) is 6.54 Å². The van der Waals surface area contributed by atoms with E-state index in [1.54, 1.807) is 24.3 Å². The highest BCUT2D eigenvalue weighted by Gasteiger charge is 2.33. The fraction of sp³-hybridized carbons (Fsp3) is 0.100. The molecule has 8 heteroatoms. The number of anilines is 2. The van der Waals surface area contributed by atoms with Crippen molar-refractivity contribution in [2.24, 2.45) is 0 Å². The lowest BCUT2D eigenvalue weighted by Crippen LogP contribution is -2.24. The molecule has 1 unspecified atom stereocenters. The molecule has 5 rings (SSSR count). The quantitative estimate of drug-likeness (QED) is 0.131. The predicted octanol–water partition coefficient (Wildman–Crippen LogP) is 6.19. The molecule has 5 aromatic rings. The van der Waals surface area contributed by atoms with Crippen LogP contribution in [-0.4, -0.2) is 21.5 Å². The first-order valence-electron chi connectivity index (χ1n) is 12.0. The number of carbonyl (C=O) groups excluding carboxylic acids is 2. The number of nitrogens with one attached hydrogen (secondary N) is 2. The number of fused-ring (bicyclic) bond motifs is 1. The summed E-state index contributed by atoms with van der Waals surface area (Å²) in [6.45, 7) is 2.39. The Balaban J connectivity index is 1.50. The number of ketones is 2. The Kier molecular flexibility index (Phi) is 6.70. The van der Waals surface area contributed by atoms with Gasteiger partial charge in [-0.3, -0.25) is 9.59 Å². The van der Waals surface area contributed by atoms with Crippen molar-refractivity contribution < 1.29 is 18.4 Å². The number of carbonyl (C=O) groups is 2. The number of benzene rings is 4. The average Bonchev–Trinajstić information content (AvgIpc) is 3.30. The van der Waals surface area contributed by atoms with Crippen LogP contribution in [0.4, 0.5) is 20.2 Å². The van der Waals surface area contributed by atoms with Gasteiger partial charge in [0.05, 0.1) is 11.0 Å². The van der Waals surface area contributed by atoms with Crippen LogP contribution in [0.25, 0.3) is 11.0 Å². The Bertz CT molecular complexity index is 1640. The first-order valence-corrected chi connectivity index (χ1v) is 12.0. The summed E-state index contributed by atoms with van der Waals surface area (Å²) in [5, 5.41) is 3.32. The number of hydrogen-bond acceptors (Lipinski definition) is 5. The highest BCUT2D eigenvalue weighted by atomic mass is 19.1. The Morgan fingerprint density at radius 2 is 1.61 bits per heavy atom. The summed E-state index contributed by atoms with van der Waals surface area (Å²) < 4.78 is 27.9. The maximum atomic E-state index is 13.9. The number of Topliss-reactive ketones (excluding diaryl/α,β-unsaturated/α-hetero) is 2. The van der Waals surface area contributed by atoms with Gasteiger partial charge < -0.3 is 16.0 Å².